The van der Waals surface area contributed by atoms with Gasteiger partial charge in [-0.15, -0.1) is 0 Å². The van der Waals surface area contributed by atoms with Gasteiger partial charge in [0.15, 0.2) is 0 Å². The first kappa shape index (κ1) is 14.8. The summed E-state index contributed by atoms with van der Waals surface area (Å²) < 4.78 is 26.3. The maximum Gasteiger partial charge on any atom is 0.218 e. The molecule has 1 fully saturated rings. The van der Waals surface area contributed by atoms with E-state index in [2.05, 4.69) is 0 Å². The van der Waals surface area contributed by atoms with E-state index in [0.717, 1.165) is 29.1 Å². The number of thioether (sulfide) groups is 1. The third-order valence-corrected chi connectivity index (χ3v) is 6.03. The molecule has 0 spiro atoms. The van der Waals surface area contributed by atoms with Gasteiger partial charge in [0.2, 0.25) is 10.0 Å². The third-order valence-electron chi connectivity index (χ3n) is 3.13. The number of aliphatic hydroxyl groups excluding tert-OH is 1. The Morgan fingerprint density at radius 2 is 1.79 bits per heavy atom. The molecule has 1 saturated heterocycles. The number of nitrogens with zero attached hydrogens (tertiary/aromatic N) is 1. The van der Waals surface area contributed by atoms with Crippen molar-refractivity contribution in [2.45, 2.75) is 18.8 Å². The maximum absolute atomic E-state index is 12.3. The number of benzene rings is 1. The molecule has 106 valence electrons. The van der Waals surface area contributed by atoms with Gasteiger partial charge in [0.1, 0.15) is 0 Å². The summed E-state index contributed by atoms with van der Waals surface area (Å²) in [4.78, 5) is 0. The van der Waals surface area contributed by atoms with Crippen LogP contribution in [0, 0.1) is 0 Å². The Bertz CT molecular complexity index is 491. The van der Waals surface area contributed by atoms with Crippen LogP contribution >= 0.6 is 11.8 Å². The highest BCUT2D eigenvalue weighted by Gasteiger charge is 2.23. The Morgan fingerprint density at radius 3 is 2.47 bits per heavy atom. The fraction of sp³-hybridized carbons (Fsp3) is 0.538. The van der Waals surface area contributed by atoms with Crippen LogP contribution in [-0.4, -0.2) is 42.4 Å². The number of hydrogen-bond donors (Lipinski definition) is 1. The zero-order valence-electron chi connectivity index (χ0n) is 10.8. The predicted molar refractivity (Wildman–Crippen MR) is 78.5 cm³/mol. The minimum absolute atomic E-state index is 0.0175. The molecular formula is C13H19NO3S2. The maximum atomic E-state index is 12.3. The van der Waals surface area contributed by atoms with Crippen LogP contribution in [0.3, 0.4) is 0 Å². The molecule has 1 N–H and O–H groups in total. The molecule has 1 aliphatic rings. The average molecular weight is 301 g/mol. The lowest BCUT2D eigenvalue weighted by Crippen LogP contribution is -2.33. The van der Waals surface area contributed by atoms with Gasteiger partial charge in [-0.2, -0.15) is 11.8 Å². The van der Waals surface area contributed by atoms with Gasteiger partial charge in [0, 0.05) is 18.8 Å². The van der Waals surface area contributed by atoms with Crippen LogP contribution < -0.4 is 0 Å². The first-order chi connectivity index (χ1) is 9.12. The zero-order chi connectivity index (χ0) is 13.7. The molecule has 0 unspecified atom stereocenters. The molecule has 1 aliphatic heterocycles. The summed E-state index contributed by atoms with van der Waals surface area (Å²) in [6.45, 7) is 1.22. The van der Waals surface area contributed by atoms with Crippen molar-refractivity contribution >= 4 is 21.8 Å². The van der Waals surface area contributed by atoms with Crippen LogP contribution in [0.5, 0.6) is 0 Å². The van der Waals surface area contributed by atoms with Gasteiger partial charge in [0.25, 0.3) is 0 Å². The van der Waals surface area contributed by atoms with Crippen molar-refractivity contribution in [2.75, 3.05) is 24.6 Å². The van der Waals surface area contributed by atoms with Crippen molar-refractivity contribution in [2.24, 2.45) is 0 Å². The smallest absolute Gasteiger partial charge is 0.218 e. The fourth-order valence-corrected chi connectivity index (χ4v) is 4.62. The van der Waals surface area contributed by atoms with Gasteiger partial charge >= 0.3 is 0 Å². The molecule has 1 heterocycles. The topological polar surface area (TPSA) is 57.6 Å². The van der Waals surface area contributed by atoms with E-state index in [-0.39, 0.29) is 12.4 Å². The molecule has 0 saturated carbocycles. The van der Waals surface area contributed by atoms with Crippen LogP contribution in [0.15, 0.2) is 24.3 Å². The van der Waals surface area contributed by atoms with E-state index >= 15 is 0 Å². The van der Waals surface area contributed by atoms with Crippen molar-refractivity contribution < 1.29 is 13.5 Å². The summed E-state index contributed by atoms with van der Waals surface area (Å²) in [6, 6.07) is 7.08. The summed E-state index contributed by atoms with van der Waals surface area (Å²) in [6.07, 6.45) is 0.924. The van der Waals surface area contributed by atoms with Crippen molar-refractivity contribution in [1.29, 1.82) is 0 Å². The number of aliphatic hydroxyl groups is 1. The van der Waals surface area contributed by atoms with E-state index in [9.17, 15) is 8.42 Å². The van der Waals surface area contributed by atoms with Crippen molar-refractivity contribution in [1.82, 2.24) is 4.31 Å². The second-order valence-corrected chi connectivity index (χ2v) is 7.79. The molecule has 0 amide bonds. The standard InChI is InChI=1S/C13H19NO3S2/c15-10-12-2-4-13(5-3-12)11-19(16,17)14-6-1-8-18-9-7-14/h2-5,15H,1,6-11H2. The first-order valence-corrected chi connectivity index (χ1v) is 9.12. The van der Waals surface area contributed by atoms with Crippen LogP contribution in [0.4, 0.5) is 0 Å². The van der Waals surface area contributed by atoms with Gasteiger partial charge in [-0.3, -0.25) is 0 Å². The quantitative estimate of drug-likeness (QED) is 0.914. The lowest BCUT2D eigenvalue weighted by Gasteiger charge is -2.19. The van der Waals surface area contributed by atoms with Crippen molar-refractivity contribution in [3.8, 4) is 0 Å². The highest BCUT2D eigenvalue weighted by atomic mass is 32.2. The lowest BCUT2D eigenvalue weighted by molar-refractivity contribution is 0.282. The second-order valence-electron chi connectivity index (χ2n) is 4.60. The Labute approximate surface area is 118 Å². The normalized spacial score (nSPS) is 18.2. The molecule has 0 aliphatic carbocycles. The number of hydrogen-bond acceptors (Lipinski definition) is 4. The Morgan fingerprint density at radius 1 is 1.11 bits per heavy atom. The highest BCUT2D eigenvalue weighted by Crippen LogP contribution is 2.17. The van der Waals surface area contributed by atoms with E-state index in [1.807, 2.05) is 11.8 Å². The molecule has 6 heteroatoms. The molecule has 2 rings (SSSR count). The van der Waals surface area contributed by atoms with Crippen LogP contribution in [0.25, 0.3) is 0 Å². The number of rotatable bonds is 4. The molecule has 0 atom stereocenters. The zero-order valence-corrected chi connectivity index (χ0v) is 12.4. The molecule has 1 aromatic rings. The SMILES string of the molecule is O=S(=O)(Cc1ccc(CO)cc1)N1CCCSCC1. The first-order valence-electron chi connectivity index (χ1n) is 6.36. The highest BCUT2D eigenvalue weighted by molar-refractivity contribution is 7.99. The molecular weight excluding hydrogens is 282 g/mol. The monoisotopic (exact) mass is 301 g/mol. The molecule has 19 heavy (non-hydrogen) atoms. The molecule has 0 radical (unpaired) electrons. The summed E-state index contributed by atoms with van der Waals surface area (Å²) in [7, 11) is -3.22. The van der Waals surface area contributed by atoms with Crippen LogP contribution in [-0.2, 0) is 22.4 Å². The Kier molecular flexibility index (Phi) is 5.27. The second kappa shape index (κ2) is 6.74. The predicted octanol–water partition coefficient (Wildman–Crippen LogP) is 1.45. The molecule has 4 nitrogen and oxygen atoms in total. The van der Waals surface area contributed by atoms with Crippen molar-refractivity contribution in [3.05, 3.63) is 35.4 Å². The molecule has 0 bridgehead atoms. The fourth-order valence-electron chi connectivity index (χ4n) is 2.04. The van der Waals surface area contributed by atoms with Crippen LogP contribution in [0.2, 0.25) is 0 Å². The van der Waals surface area contributed by atoms with Gasteiger partial charge < -0.3 is 5.11 Å². The average Bonchev–Trinajstić information content (AvgIpc) is 2.68. The summed E-state index contributed by atoms with van der Waals surface area (Å²) >= 11 is 1.81. The van der Waals surface area contributed by atoms with E-state index < -0.39 is 10.0 Å². The lowest BCUT2D eigenvalue weighted by atomic mass is 10.2. The van der Waals surface area contributed by atoms with Crippen LogP contribution in [0.1, 0.15) is 17.5 Å². The third kappa shape index (κ3) is 4.21. The van der Waals surface area contributed by atoms with E-state index in [4.69, 9.17) is 5.11 Å². The van der Waals surface area contributed by atoms with E-state index in [1.54, 1.807) is 28.6 Å². The van der Waals surface area contributed by atoms with Crippen molar-refractivity contribution in [3.63, 3.8) is 0 Å². The number of sulfonamides is 1. The van der Waals surface area contributed by atoms with E-state index in [0.29, 0.717) is 13.1 Å². The minimum atomic E-state index is -3.22. The Balaban J connectivity index is 2.06. The molecule has 1 aromatic carbocycles. The van der Waals surface area contributed by atoms with E-state index in [1.165, 1.54) is 0 Å². The summed E-state index contributed by atoms with van der Waals surface area (Å²) in [5, 5.41) is 8.97. The van der Waals surface area contributed by atoms with Gasteiger partial charge in [-0.05, 0) is 23.3 Å². The van der Waals surface area contributed by atoms with Gasteiger partial charge in [-0.1, -0.05) is 24.3 Å². The summed E-state index contributed by atoms with van der Waals surface area (Å²) in [5.74, 6) is 1.96. The summed E-state index contributed by atoms with van der Waals surface area (Å²) in [5.41, 5.74) is 1.57. The van der Waals surface area contributed by atoms with Gasteiger partial charge in [-0.25, -0.2) is 12.7 Å². The Hall–Kier alpha value is -0.560. The minimum Gasteiger partial charge on any atom is -0.392 e. The largest absolute Gasteiger partial charge is 0.392 e. The molecule has 0 aromatic heterocycles. The van der Waals surface area contributed by atoms with Gasteiger partial charge in [0.05, 0.1) is 12.4 Å².